The van der Waals surface area contributed by atoms with E-state index in [0.29, 0.717) is 0 Å². The van der Waals surface area contributed by atoms with Crippen LogP contribution < -0.4 is 5.32 Å². The SMILES string of the molecule is Clc1ccc(Nc2ccc(-n3ccnc3)cc2)cc1. The molecule has 1 aromatic heterocycles. The van der Waals surface area contributed by atoms with Gasteiger partial charge in [-0.15, -0.1) is 0 Å². The van der Waals surface area contributed by atoms with E-state index >= 15 is 0 Å². The molecule has 0 bridgehead atoms. The van der Waals surface area contributed by atoms with E-state index in [-0.39, 0.29) is 0 Å². The predicted octanol–water partition coefficient (Wildman–Crippen LogP) is 4.27. The minimum atomic E-state index is 0.737. The fourth-order valence-corrected chi connectivity index (χ4v) is 1.95. The van der Waals surface area contributed by atoms with Gasteiger partial charge in [-0.3, -0.25) is 0 Å². The molecule has 1 N–H and O–H groups in total. The highest BCUT2D eigenvalue weighted by Crippen LogP contribution is 2.20. The van der Waals surface area contributed by atoms with Crippen LogP contribution in [0.5, 0.6) is 0 Å². The summed E-state index contributed by atoms with van der Waals surface area (Å²) in [5.41, 5.74) is 3.13. The largest absolute Gasteiger partial charge is 0.356 e. The molecule has 0 unspecified atom stereocenters. The van der Waals surface area contributed by atoms with Crippen LogP contribution in [0.4, 0.5) is 11.4 Å². The lowest BCUT2D eigenvalue weighted by Gasteiger charge is -2.08. The Bertz CT molecular complexity index is 643. The van der Waals surface area contributed by atoms with Crippen LogP contribution in [0.3, 0.4) is 0 Å². The smallest absolute Gasteiger partial charge is 0.0991 e. The zero-order valence-electron chi connectivity index (χ0n) is 10.1. The molecule has 3 aromatic rings. The van der Waals surface area contributed by atoms with Crippen LogP contribution in [0.1, 0.15) is 0 Å². The van der Waals surface area contributed by atoms with E-state index in [0.717, 1.165) is 22.1 Å². The van der Waals surface area contributed by atoms with Gasteiger partial charge in [0.05, 0.1) is 6.33 Å². The first-order valence-electron chi connectivity index (χ1n) is 5.92. The van der Waals surface area contributed by atoms with Crippen molar-refractivity contribution >= 4 is 23.0 Å². The van der Waals surface area contributed by atoms with Gasteiger partial charge in [-0.1, -0.05) is 11.6 Å². The normalized spacial score (nSPS) is 10.4. The number of rotatable bonds is 3. The van der Waals surface area contributed by atoms with Crippen LogP contribution in [0.25, 0.3) is 5.69 Å². The summed E-state index contributed by atoms with van der Waals surface area (Å²) in [7, 11) is 0. The number of benzene rings is 2. The Morgan fingerprint density at radius 2 is 1.53 bits per heavy atom. The number of hydrogen-bond acceptors (Lipinski definition) is 2. The number of nitrogens with zero attached hydrogens (tertiary/aromatic N) is 2. The lowest BCUT2D eigenvalue weighted by molar-refractivity contribution is 1.06. The molecular formula is C15H12ClN3. The monoisotopic (exact) mass is 269 g/mol. The van der Waals surface area contributed by atoms with Crippen molar-refractivity contribution in [2.45, 2.75) is 0 Å². The molecule has 0 atom stereocenters. The third kappa shape index (κ3) is 2.77. The summed E-state index contributed by atoms with van der Waals surface area (Å²) < 4.78 is 1.96. The molecule has 0 saturated heterocycles. The minimum absolute atomic E-state index is 0.737. The fraction of sp³-hybridized carbons (Fsp3) is 0. The number of hydrogen-bond donors (Lipinski definition) is 1. The molecule has 0 radical (unpaired) electrons. The van der Waals surface area contributed by atoms with Crippen molar-refractivity contribution in [2.24, 2.45) is 0 Å². The van der Waals surface area contributed by atoms with E-state index in [9.17, 15) is 0 Å². The molecule has 0 aliphatic carbocycles. The topological polar surface area (TPSA) is 29.9 Å². The second-order valence-electron chi connectivity index (χ2n) is 4.15. The van der Waals surface area contributed by atoms with Crippen molar-refractivity contribution < 1.29 is 0 Å². The molecule has 0 saturated carbocycles. The van der Waals surface area contributed by atoms with Crippen LogP contribution >= 0.6 is 11.6 Å². The number of imidazole rings is 1. The first kappa shape index (κ1) is 11.8. The van der Waals surface area contributed by atoms with Crippen molar-refractivity contribution in [3.05, 3.63) is 72.3 Å². The molecule has 2 aromatic carbocycles. The van der Waals surface area contributed by atoms with Crippen molar-refractivity contribution in [3.63, 3.8) is 0 Å². The van der Waals surface area contributed by atoms with Gasteiger partial charge in [-0.05, 0) is 48.5 Å². The second kappa shape index (κ2) is 5.16. The molecule has 0 aliphatic rings. The molecule has 0 amide bonds. The van der Waals surface area contributed by atoms with Crippen molar-refractivity contribution in [3.8, 4) is 5.69 Å². The third-order valence-electron chi connectivity index (χ3n) is 2.80. The maximum atomic E-state index is 5.86. The van der Waals surface area contributed by atoms with Gasteiger partial charge < -0.3 is 9.88 Å². The third-order valence-corrected chi connectivity index (χ3v) is 3.05. The van der Waals surface area contributed by atoms with Gasteiger partial charge in [0.1, 0.15) is 0 Å². The van der Waals surface area contributed by atoms with E-state index in [1.165, 1.54) is 0 Å². The van der Waals surface area contributed by atoms with Gasteiger partial charge in [0.25, 0.3) is 0 Å². The summed E-state index contributed by atoms with van der Waals surface area (Å²) >= 11 is 5.86. The quantitative estimate of drug-likeness (QED) is 0.769. The van der Waals surface area contributed by atoms with Crippen molar-refractivity contribution in [1.29, 1.82) is 0 Å². The van der Waals surface area contributed by atoms with Crippen LogP contribution in [0, 0.1) is 0 Å². The van der Waals surface area contributed by atoms with E-state index in [1.54, 1.807) is 12.5 Å². The van der Waals surface area contributed by atoms with E-state index in [1.807, 2.05) is 59.3 Å². The van der Waals surface area contributed by atoms with Gasteiger partial charge >= 0.3 is 0 Å². The molecule has 0 fully saturated rings. The van der Waals surface area contributed by atoms with E-state index in [4.69, 9.17) is 11.6 Å². The summed E-state index contributed by atoms with van der Waals surface area (Å²) in [4.78, 5) is 4.03. The van der Waals surface area contributed by atoms with Crippen molar-refractivity contribution in [2.75, 3.05) is 5.32 Å². The average molecular weight is 270 g/mol. The van der Waals surface area contributed by atoms with Crippen LogP contribution in [0.15, 0.2) is 67.3 Å². The van der Waals surface area contributed by atoms with Crippen LogP contribution in [-0.4, -0.2) is 9.55 Å². The molecule has 4 heteroatoms. The maximum Gasteiger partial charge on any atom is 0.0991 e. The van der Waals surface area contributed by atoms with Crippen LogP contribution in [-0.2, 0) is 0 Å². The molecular weight excluding hydrogens is 258 g/mol. The Kier molecular flexibility index (Phi) is 3.21. The second-order valence-corrected chi connectivity index (χ2v) is 4.59. The number of anilines is 2. The van der Waals surface area contributed by atoms with E-state index < -0.39 is 0 Å². The Morgan fingerprint density at radius 3 is 2.11 bits per heavy atom. The highest BCUT2D eigenvalue weighted by molar-refractivity contribution is 6.30. The Hall–Kier alpha value is -2.26. The van der Waals surface area contributed by atoms with Gasteiger partial charge in [-0.25, -0.2) is 4.98 Å². The highest BCUT2D eigenvalue weighted by Gasteiger charge is 1.97. The summed E-state index contributed by atoms with van der Waals surface area (Å²) in [6.45, 7) is 0. The Morgan fingerprint density at radius 1 is 0.895 bits per heavy atom. The zero-order chi connectivity index (χ0) is 13.1. The fourth-order valence-electron chi connectivity index (χ4n) is 1.83. The van der Waals surface area contributed by atoms with Gasteiger partial charge in [0.2, 0.25) is 0 Å². The molecule has 94 valence electrons. The molecule has 0 spiro atoms. The van der Waals surface area contributed by atoms with Gasteiger partial charge in [-0.2, -0.15) is 0 Å². The molecule has 19 heavy (non-hydrogen) atoms. The molecule has 3 nitrogen and oxygen atoms in total. The van der Waals surface area contributed by atoms with Gasteiger partial charge in [0, 0.05) is 34.5 Å². The number of nitrogens with one attached hydrogen (secondary N) is 1. The summed E-state index contributed by atoms with van der Waals surface area (Å²) in [5.74, 6) is 0. The summed E-state index contributed by atoms with van der Waals surface area (Å²) in [5, 5.41) is 4.06. The number of aromatic nitrogens is 2. The predicted molar refractivity (Wildman–Crippen MR) is 78.3 cm³/mol. The molecule has 0 aliphatic heterocycles. The average Bonchev–Trinajstić information content (AvgIpc) is 2.96. The molecule has 3 rings (SSSR count). The minimum Gasteiger partial charge on any atom is -0.356 e. The summed E-state index contributed by atoms with van der Waals surface area (Å²) in [6, 6.07) is 15.8. The van der Waals surface area contributed by atoms with E-state index in [2.05, 4.69) is 10.3 Å². The zero-order valence-corrected chi connectivity index (χ0v) is 10.9. The number of halogens is 1. The Labute approximate surface area is 116 Å². The van der Waals surface area contributed by atoms with Crippen LogP contribution in [0.2, 0.25) is 5.02 Å². The van der Waals surface area contributed by atoms with Gasteiger partial charge in [0.15, 0.2) is 0 Å². The lowest BCUT2D eigenvalue weighted by Crippen LogP contribution is -1.92. The standard InChI is InChI=1S/C15H12ClN3/c16-12-1-3-13(4-2-12)18-14-5-7-15(8-6-14)19-10-9-17-11-19/h1-11,18H. The highest BCUT2D eigenvalue weighted by atomic mass is 35.5. The Balaban J connectivity index is 1.77. The first-order chi connectivity index (χ1) is 9.31. The molecule has 1 heterocycles. The lowest BCUT2D eigenvalue weighted by atomic mass is 10.2. The first-order valence-corrected chi connectivity index (χ1v) is 6.30. The summed E-state index contributed by atoms with van der Waals surface area (Å²) in [6.07, 6.45) is 5.46. The maximum absolute atomic E-state index is 5.86. The van der Waals surface area contributed by atoms with Crippen molar-refractivity contribution in [1.82, 2.24) is 9.55 Å².